The molecule has 0 unspecified atom stereocenters. The van der Waals surface area contributed by atoms with Crippen LogP contribution in [0, 0.1) is 19.7 Å². The van der Waals surface area contributed by atoms with Crippen LogP contribution in [0.3, 0.4) is 0 Å². The number of anilines is 3. The van der Waals surface area contributed by atoms with Crippen molar-refractivity contribution in [2.45, 2.75) is 32.7 Å². The van der Waals surface area contributed by atoms with Crippen molar-refractivity contribution in [2.75, 3.05) is 17.7 Å². The Morgan fingerprint density at radius 3 is 2.42 bits per heavy atom. The first-order chi connectivity index (χ1) is 18.1. The van der Waals surface area contributed by atoms with Crippen LogP contribution in [-0.2, 0) is 7.05 Å². The van der Waals surface area contributed by atoms with Crippen molar-refractivity contribution in [1.82, 2.24) is 19.0 Å². The van der Waals surface area contributed by atoms with E-state index in [-0.39, 0.29) is 34.0 Å². The number of aryl methyl sites for hydroxylation is 2. The fourth-order valence-electron chi connectivity index (χ4n) is 4.62. The Hall–Kier alpha value is -4.67. The highest BCUT2D eigenvalue weighted by atomic mass is 19.1. The number of fused-ring (bicyclic) bond motifs is 1. The van der Waals surface area contributed by atoms with Gasteiger partial charge in [0.1, 0.15) is 17.0 Å². The predicted molar refractivity (Wildman–Crippen MR) is 145 cm³/mol. The second-order valence-corrected chi connectivity index (χ2v) is 9.45. The van der Waals surface area contributed by atoms with Crippen LogP contribution in [-0.4, -0.2) is 26.8 Å². The van der Waals surface area contributed by atoms with Crippen molar-refractivity contribution in [3.63, 3.8) is 0 Å². The van der Waals surface area contributed by atoms with Crippen LogP contribution in [0.15, 0.2) is 56.8 Å². The van der Waals surface area contributed by atoms with Gasteiger partial charge in [-0.1, -0.05) is 12.1 Å². The number of amides is 2. The van der Waals surface area contributed by atoms with E-state index < -0.39 is 28.7 Å². The van der Waals surface area contributed by atoms with Gasteiger partial charge in [-0.2, -0.15) is 0 Å². The lowest BCUT2D eigenvalue weighted by molar-refractivity contribution is 0.254. The number of carbonyl (C=O) groups excluding carboxylic acids is 1. The van der Waals surface area contributed by atoms with Crippen LogP contribution in [0.25, 0.3) is 16.6 Å². The van der Waals surface area contributed by atoms with Gasteiger partial charge in [-0.3, -0.25) is 23.3 Å². The third-order valence-corrected chi connectivity index (χ3v) is 6.72. The molecule has 1 aliphatic rings. The Morgan fingerprint density at radius 1 is 1.03 bits per heavy atom. The van der Waals surface area contributed by atoms with E-state index in [0.717, 1.165) is 0 Å². The average Bonchev–Trinajstić information content (AvgIpc) is 3.72. The standard InChI is InChI=1S/C27H27FN6O4/c1-14-8-11-20(19(28)12-14)31-23-21-22(15(2)24(35)32(23)4)33(27(38)34(25(21)36)17-9-10-17)18-7-5-6-16(13-18)30-26(37)29-3/h5-8,11-13,17,31H,9-10H2,1-4H3,(H2,29,30,37). The topological polar surface area (TPSA) is 119 Å². The van der Waals surface area contributed by atoms with E-state index in [1.165, 1.54) is 39.9 Å². The van der Waals surface area contributed by atoms with Gasteiger partial charge in [0.05, 0.1) is 16.9 Å². The molecule has 2 heterocycles. The SMILES string of the molecule is CNC(=O)Nc1cccc(-n2c(=O)n(C3CC3)c(=O)c3c(Nc4ccc(C)cc4F)n(C)c(=O)c(C)c32)c1. The first kappa shape index (κ1) is 25.0. The molecule has 4 aromatic rings. The molecule has 1 fully saturated rings. The number of pyridine rings is 1. The monoisotopic (exact) mass is 518 g/mol. The first-order valence-corrected chi connectivity index (χ1v) is 12.2. The maximum Gasteiger partial charge on any atom is 0.336 e. The van der Waals surface area contributed by atoms with Crippen molar-refractivity contribution in [2.24, 2.45) is 7.05 Å². The summed E-state index contributed by atoms with van der Waals surface area (Å²) in [5.74, 6) is -0.471. The Kier molecular flexibility index (Phi) is 6.14. The highest BCUT2D eigenvalue weighted by Crippen LogP contribution is 2.34. The molecule has 5 rings (SSSR count). The summed E-state index contributed by atoms with van der Waals surface area (Å²) >= 11 is 0. The van der Waals surface area contributed by atoms with E-state index in [9.17, 15) is 23.6 Å². The third-order valence-electron chi connectivity index (χ3n) is 6.72. The lowest BCUT2D eigenvalue weighted by Crippen LogP contribution is -2.41. The minimum Gasteiger partial charge on any atom is -0.341 e. The molecule has 38 heavy (non-hydrogen) atoms. The molecule has 3 N–H and O–H groups in total. The van der Waals surface area contributed by atoms with Crippen LogP contribution >= 0.6 is 0 Å². The lowest BCUT2D eigenvalue weighted by atomic mass is 10.1. The summed E-state index contributed by atoms with van der Waals surface area (Å²) in [7, 11) is 2.97. The van der Waals surface area contributed by atoms with Crippen molar-refractivity contribution < 1.29 is 9.18 Å². The molecule has 10 nitrogen and oxygen atoms in total. The van der Waals surface area contributed by atoms with Crippen molar-refractivity contribution >= 4 is 34.1 Å². The second-order valence-electron chi connectivity index (χ2n) is 9.45. The largest absolute Gasteiger partial charge is 0.341 e. The van der Waals surface area contributed by atoms with E-state index >= 15 is 0 Å². The number of urea groups is 1. The summed E-state index contributed by atoms with van der Waals surface area (Å²) in [6.45, 7) is 3.30. The molecule has 2 aromatic carbocycles. The van der Waals surface area contributed by atoms with Crippen molar-refractivity contribution in [3.8, 4) is 5.69 Å². The summed E-state index contributed by atoms with van der Waals surface area (Å²) in [5.41, 5.74) is 0.256. The van der Waals surface area contributed by atoms with Crippen LogP contribution in [0.5, 0.6) is 0 Å². The minimum absolute atomic E-state index is 0.0751. The van der Waals surface area contributed by atoms with Gasteiger partial charge >= 0.3 is 11.7 Å². The Bertz CT molecular complexity index is 1800. The Morgan fingerprint density at radius 2 is 1.76 bits per heavy atom. The number of benzene rings is 2. The maximum atomic E-state index is 14.8. The average molecular weight is 519 g/mol. The van der Waals surface area contributed by atoms with Gasteiger partial charge in [-0.05, 0) is 62.6 Å². The summed E-state index contributed by atoms with van der Waals surface area (Å²) in [5, 5.41) is 8.16. The molecular weight excluding hydrogens is 491 g/mol. The summed E-state index contributed by atoms with van der Waals surface area (Å²) in [6.07, 6.45) is 1.33. The molecule has 2 aromatic heterocycles. The number of nitrogens with one attached hydrogen (secondary N) is 3. The molecule has 1 saturated carbocycles. The highest BCUT2D eigenvalue weighted by molar-refractivity contribution is 5.94. The fourth-order valence-corrected chi connectivity index (χ4v) is 4.62. The molecule has 0 atom stereocenters. The van der Waals surface area contributed by atoms with Crippen LogP contribution < -0.4 is 32.8 Å². The molecule has 0 saturated heterocycles. The van der Waals surface area contributed by atoms with Gasteiger partial charge in [0, 0.05) is 31.4 Å². The van der Waals surface area contributed by atoms with E-state index in [4.69, 9.17) is 0 Å². The number of nitrogens with zero attached hydrogens (tertiary/aromatic N) is 3. The predicted octanol–water partition coefficient (Wildman–Crippen LogP) is 3.44. The number of halogens is 1. The van der Waals surface area contributed by atoms with E-state index in [1.54, 1.807) is 44.2 Å². The van der Waals surface area contributed by atoms with Gasteiger partial charge in [0.25, 0.3) is 11.1 Å². The maximum absolute atomic E-state index is 14.8. The molecule has 0 spiro atoms. The van der Waals surface area contributed by atoms with Crippen LogP contribution in [0.4, 0.5) is 26.4 Å². The smallest absolute Gasteiger partial charge is 0.336 e. The van der Waals surface area contributed by atoms with Gasteiger partial charge in [0.15, 0.2) is 0 Å². The third kappa shape index (κ3) is 4.15. The van der Waals surface area contributed by atoms with Gasteiger partial charge < -0.3 is 16.0 Å². The molecule has 11 heteroatoms. The molecule has 196 valence electrons. The van der Waals surface area contributed by atoms with E-state index in [2.05, 4.69) is 16.0 Å². The lowest BCUT2D eigenvalue weighted by Gasteiger charge is -2.21. The number of rotatable bonds is 5. The first-order valence-electron chi connectivity index (χ1n) is 12.2. The van der Waals surface area contributed by atoms with Gasteiger partial charge in [0.2, 0.25) is 0 Å². The van der Waals surface area contributed by atoms with Gasteiger partial charge in [-0.25, -0.2) is 14.0 Å². The Labute approximate surface area is 216 Å². The Balaban J connectivity index is 1.88. The molecule has 0 bridgehead atoms. The van der Waals surface area contributed by atoms with Crippen molar-refractivity contribution in [3.05, 3.63) is 90.6 Å². The van der Waals surface area contributed by atoms with E-state index in [0.29, 0.717) is 29.8 Å². The molecular formula is C27H27FN6O4. The normalized spacial score (nSPS) is 13.0. The second kappa shape index (κ2) is 9.33. The summed E-state index contributed by atoms with van der Waals surface area (Å²) < 4.78 is 18.6. The highest BCUT2D eigenvalue weighted by Gasteiger charge is 2.31. The molecule has 1 aliphatic carbocycles. The van der Waals surface area contributed by atoms with Gasteiger partial charge in [-0.15, -0.1) is 0 Å². The number of hydrogen-bond acceptors (Lipinski definition) is 5. The zero-order valence-corrected chi connectivity index (χ0v) is 21.4. The number of aromatic nitrogens is 3. The molecule has 0 aliphatic heterocycles. The van der Waals surface area contributed by atoms with Crippen LogP contribution in [0.1, 0.15) is 30.0 Å². The summed E-state index contributed by atoms with van der Waals surface area (Å²) in [4.78, 5) is 52.9. The number of carbonyl (C=O) groups is 1. The molecule has 0 radical (unpaired) electrons. The zero-order valence-electron chi connectivity index (χ0n) is 21.4. The fraction of sp³-hybridized carbons (Fsp3) is 0.259. The zero-order chi connectivity index (χ0) is 27.3. The van der Waals surface area contributed by atoms with E-state index in [1.807, 2.05) is 0 Å². The van der Waals surface area contributed by atoms with Crippen molar-refractivity contribution in [1.29, 1.82) is 0 Å². The van der Waals surface area contributed by atoms with Crippen LogP contribution in [0.2, 0.25) is 0 Å². The summed E-state index contributed by atoms with van der Waals surface area (Å²) in [6, 6.07) is 10.4. The molecule has 2 amide bonds. The quantitative estimate of drug-likeness (QED) is 0.374. The number of hydrogen-bond donors (Lipinski definition) is 3. The minimum atomic E-state index is -0.592.